The number of aromatic nitrogens is 2. The van der Waals surface area contributed by atoms with E-state index in [0.717, 1.165) is 24.9 Å². The standard InChI is InChI=1S/C22H30N6O2/c1-22(2,24)20(29)27-11-9-26(10-12-27)19-7-8-28(21(30)25-19)18-6-4-15-13-17(23)5-3-16(15)14-18/h4,6-8,14,17H,3,5,9-13,23-24H2,1-2H3. The number of piperazine rings is 1. The molecule has 4 N–H and O–H groups in total. The number of aryl methyl sites for hydroxylation is 1. The zero-order chi connectivity index (χ0) is 21.5. The molecular formula is C22H30N6O2. The number of rotatable bonds is 3. The van der Waals surface area contributed by atoms with E-state index in [2.05, 4.69) is 17.1 Å². The molecule has 1 aliphatic carbocycles. The molecule has 0 spiro atoms. The van der Waals surface area contributed by atoms with Crippen molar-refractivity contribution in [3.05, 3.63) is 52.1 Å². The number of nitrogens with zero attached hydrogens (tertiary/aromatic N) is 4. The molecule has 1 atom stereocenters. The minimum Gasteiger partial charge on any atom is -0.353 e. The Bertz CT molecular complexity index is 1000. The summed E-state index contributed by atoms with van der Waals surface area (Å²) in [4.78, 5) is 33.2. The van der Waals surface area contributed by atoms with E-state index in [1.165, 1.54) is 11.1 Å². The summed E-state index contributed by atoms with van der Waals surface area (Å²) >= 11 is 0. The third-order valence-electron chi connectivity index (χ3n) is 5.97. The van der Waals surface area contributed by atoms with Crippen LogP contribution in [0.15, 0.2) is 35.3 Å². The molecule has 30 heavy (non-hydrogen) atoms. The molecule has 1 aliphatic heterocycles. The van der Waals surface area contributed by atoms with Crippen molar-refractivity contribution in [1.82, 2.24) is 14.5 Å². The fraction of sp³-hybridized carbons (Fsp3) is 0.500. The number of carbonyl (C=O) groups excluding carboxylic acids is 1. The van der Waals surface area contributed by atoms with Gasteiger partial charge in [-0.15, -0.1) is 0 Å². The molecule has 160 valence electrons. The van der Waals surface area contributed by atoms with E-state index in [0.29, 0.717) is 32.0 Å². The minimum atomic E-state index is -0.874. The van der Waals surface area contributed by atoms with Crippen LogP contribution in [0.2, 0.25) is 0 Å². The second-order valence-corrected chi connectivity index (χ2v) is 8.90. The zero-order valence-electron chi connectivity index (χ0n) is 17.7. The first-order valence-electron chi connectivity index (χ1n) is 10.5. The molecule has 0 radical (unpaired) electrons. The Morgan fingerprint density at radius 3 is 2.53 bits per heavy atom. The van der Waals surface area contributed by atoms with Crippen LogP contribution in [0.5, 0.6) is 0 Å². The minimum absolute atomic E-state index is 0.0566. The molecule has 0 bridgehead atoms. The predicted molar refractivity (Wildman–Crippen MR) is 117 cm³/mol. The van der Waals surface area contributed by atoms with Crippen LogP contribution < -0.4 is 22.1 Å². The van der Waals surface area contributed by atoms with Crippen molar-refractivity contribution in [3.63, 3.8) is 0 Å². The van der Waals surface area contributed by atoms with Gasteiger partial charge in [-0.3, -0.25) is 9.36 Å². The van der Waals surface area contributed by atoms with Gasteiger partial charge in [-0.25, -0.2) is 4.79 Å². The Morgan fingerprint density at radius 1 is 1.13 bits per heavy atom. The predicted octanol–water partition coefficient (Wildman–Crippen LogP) is 0.434. The van der Waals surface area contributed by atoms with Crippen molar-refractivity contribution in [2.24, 2.45) is 11.5 Å². The van der Waals surface area contributed by atoms with E-state index in [4.69, 9.17) is 11.5 Å². The van der Waals surface area contributed by atoms with Gasteiger partial charge in [0, 0.05) is 38.4 Å². The number of fused-ring (bicyclic) bond motifs is 1. The van der Waals surface area contributed by atoms with Gasteiger partial charge in [-0.1, -0.05) is 6.07 Å². The van der Waals surface area contributed by atoms with E-state index in [1.54, 1.807) is 29.5 Å². The largest absolute Gasteiger partial charge is 0.354 e. The molecule has 0 saturated carbocycles. The van der Waals surface area contributed by atoms with Crippen LogP contribution in [0, 0.1) is 0 Å². The first kappa shape index (κ1) is 20.6. The Kier molecular flexibility index (Phi) is 5.38. The van der Waals surface area contributed by atoms with Gasteiger partial charge in [-0.05, 0) is 62.4 Å². The Morgan fingerprint density at radius 2 is 1.87 bits per heavy atom. The Hall–Kier alpha value is -2.71. The Labute approximate surface area is 176 Å². The average Bonchev–Trinajstić information content (AvgIpc) is 2.72. The highest BCUT2D eigenvalue weighted by atomic mass is 16.2. The van der Waals surface area contributed by atoms with Gasteiger partial charge in [0.25, 0.3) is 0 Å². The second kappa shape index (κ2) is 7.85. The second-order valence-electron chi connectivity index (χ2n) is 8.90. The highest BCUT2D eigenvalue weighted by molar-refractivity contribution is 5.85. The van der Waals surface area contributed by atoms with Crippen LogP contribution in [-0.2, 0) is 17.6 Å². The van der Waals surface area contributed by atoms with Gasteiger partial charge in [0.1, 0.15) is 5.82 Å². The van der Waals surface area contributed by atoms with E-state index >= 15 is 0 Å². The van der Waals surface area contributed by atoms with Crippen LogP contribution in [-0.4, -0.2) is 58.1 Å². The van der Waals surface area contributed by atoms with Crippen LogP contribution in [0.3, 0.4) is 0 Å². The van der Waals surface area contributed by atoms with Gasteiger partial charge in [0.2, 0.25) is 5.91 Å². The maximum absolute atomic E-state index is 12.7. The number of amides is 1. The molecule has 1 unspecified atom stereocenters. The van der Waals surface area contributed by atoms with Gasteiger partial charge >= 0.3 is 5.69 Å². The average molecular weight is 411 g/mol. The van der Waals surface area contributed by atoms with Crippen molar-refractivity contribution in [2.45, 2.75) is 44.7 Å². The molecule has 1 fully saturated rings. The third kappa shape index (κ3) is 4.11. The highest BCUT2D eigenvalue weighted by Crippen LogP contribution is 2.23. The number of carbonyl (C=O) groups is 1. The van der Waals surface area contributed by atoms with E-state index in [-0.39, 0.29) is 17.6 Å². The topological polar surface area (TPSA) is 110 Å². The molecule has 1 amide bonds. The SMILES string of the molecule is CC(C)(N)C(=O)N1CCN(c2ccn(-c3ccc4c(c3)CCC(N)C4)c(=O)n2)CC1. The van der Waals surface area contributed by atoms with Gasteiger partial charge < -0.3 is 21.3 Å². The zero-order valence-corrected chi connectivity index (χ0v) is 17.7. The third-order valence-corrected chi connectivity index (χ3v) is 5.97. The normalized spacial score (nSPS) is 19.5. The van der Waals surface area contributed by atoms with Crippen LogP contribution >= 0.6 is 0 Å². The summed E-state index contributed by atoms with van der Waals surface area (Å²) in [5.74, 6) is 0.582. The number of anilines is 1. The van der Waals surface area contributed by atoms with Crippen LogP contribution in [0.25, 0.3) is 5.69 Å². The highest BCUT2D eigenvalue weighted by Gasteiger charge is 2.30. The molecular weight excluding hydrogens is 380 g/mol. The van der Waals surface area contributed by atoms with E-state index in [1.807, 2.05) is 17.0 Å². The molecule has 2 aromatic rings. The van der Waals surface area contributed by atoms with Crippen molar-refractivity contribution < 1.29 is 4.79 Å². The summed E-state index contributed by atoms with van der Waals surface area (Å²) in [7, 11) is 0. The fourth-order valence-corrected chi connectivity index (χ4v) is 4.23. The van der Waals surface area contributed by atoms with Crippen molar-refractivity contribution in [1.29, 1.82) is 0 Å². The lowest BCUT2D eigenvalue weighted by Gasteiger charge is -2.38. The quantitative estimate of drug-likeness (QED) is 0.759. The van der Waals surface area contributed by atoms with Crippen molar-refractivity contribution >= 4 is 11.7 Å². The van der Waals surface area contributed by atoms with E-state index < -0.39 is 5.54 Å². The number of hydrogen-bond acceptors (Lipinski definition) is 6. The summed E-state index contributed by atoms with van der Waals surface area (Å²) in [5.41, 5.74) is 14.2. The molecule has 4 rings (SSSR count). The van der Waals surface area contributed by atoms with Gasteiger partial charge in [-0.2, -0.15) is 4.98 Å². The maximum atomic E-state index is 12.7. The molecule has 1 aromatic heterocycles. The fourth-order valence-electron chi connectivity index (χ4n) is 4.23. The maximum Gasteiger partial charge on any atom is 0.354 e. The number of hydrogen-bond donors (Lipinski definition) is 2. The lowest BCUT2D eigenvalue weighted by molar-refractivity contribution is -0.136. The summed E-state index contributed by atoms with van der Waals surface area (Å²) in [6.45, 7) is 5.82. The van der Waals surface area contributed by atoms with Crippen molar-refractivity contribution in [3.8, 4) is 5.69 Å². The monoisotopic (exact) mass is 410 g/mol. The Balaban J connectivity index is 1.48. The van der Waals surface area contributed by atoms with Crippen molar-refractivity contribution in [2.75, 3.05) is 31.1 Å². The molecule has 2 aliphatic rings. The van der Waals surface area contributed by atoms with Crippen LogP contribution in [0.1, 0.15) is 31.4 Å². The first-order chi connectivity index (χ1) is 14.2. The molecule has 8 nitrogen and oxygen atoms in total. The summed E-state index contributed by atoms with van der Waals surface area (Å²) in [5, 5.41) is 0. The van der Waals surface area contributed by atoms with E-state index in [9.17, 15) is 9.59 Å². The molecule has 2 heterocycles. The lowest BCUT2D eigenvalue weighted by atomic mass is 9.88. The summed E-state index contributed by atoms with van der Waals surface area (Å²) in [6.07, 6.45) is 4.57. The smallest absolute Gasteiger partial charge is 0.353 e. The molecule has 8 heteroatoms. The number of nitrogens with two attached hydrogens (primary N) is 2. The molecule has 1 saturated heterocycles. The lowest BCUT2D eigenvalue weighted by Crippen LogP contribution is -2.57. The van der Waals surface area contributed by atoms with Gasteiger partial charge in [0.15, 0.2) is 0 Å². The van der Waals surface area contributed by atoms with Gasteiger partial charge in [0.05, 0.1) is 11.2 Å². The summed E-state index contributed by atoms with van der Waals surface area (Å²) in [6, 6.07) is 8.18. The number of benzene rings is 1. The summed E-state index contributed by atoms with van der Waals surface area (Å²) < 4.78 is 1.58. The van der Waals surface area contributed by atoms with Crippen LogP contribution in [0.4, 0.5) is 5.82 Å². The first-order valence-corrected chi connectivity index (χ1v) is 10.5. The molecule has 1 aromatic carbocycles.